The molecule has 106 valence electrons. The van der Waals surface area contributed by atoms with Gasteiger partial charge in [0.2, 0.25) is 0 Å². The van der Waals surface area contributed by atoms with Crippen molar-refractivity contribution in [2.75, 3.05) is 0 Å². The minimum atomic E-state index is -1.19. The van der Waals surface area contributed by atoms with Crippen molar-refractivity contribution in [1.82, 2.24) is 9.55 Å². The van der Waals surface area contributed by atoms with Crippen LogP contribution in [0.1, 0.15) is 10.4 Å². The summed E-state index contributed by atoms with van der Waals surface area (Å²) in [5.41, 5.74) is -0.213. The summed E-state index contributed by atoms with van der Waals surface area (Å²) in [6.45, 7) is 0. The summed E-state index contributed by atoms with van der Waals surface area (Å²) in [4.78, 5) is 25.9. The van der Waals surface area contributed by atoms with Crippen LogP contribution in [-0.2, 0) is 0 Å². The van der Waals surface area contributed by atoms with Crippen LogP contribution in [0.15, 0.2) is 45.7 Å². The van der Waals surface area contributed by atoms with E-state index in [2.05, 4.69) is 20.9 Å². The summed E-state index contributed by atoms with van der Waals surface area (Å²) >= 11 is 3.14. The quantitative estimate of drug-likeness (QED) is 0.746. The lowest BCUT2D eigenvalue weighted by Crippen LogP contribution is -2.17. The highest BCUT2D eigenvalue weighted by Gasteiger charge is 2.18. The number of nitrogens with zero attached hydrogens (tertiary/aromatic N) is 1. The first-order valence-corrected chi connectivity index (χ1v) is 6.71. The molecule has 0 saturated heterocycles. The second-order valence-electron chi connectivity index (χ2n) is 4.37. The molecule has 0 aliphatic rings. The molecule has 0 aliphatic carbocycles. The minimum Gasteiger partial charge on any atom is -0.478 e. The average molecular weight is 351 g/mol. The van der Waals surface area contributed by atoms with Crippen LogP contribution in [0.2, 0.25) is 0 Å². The van der Waals surface area contributed by atoms with Crippen molar-refractivity contribution >= 4 is 32.9 Å². The summed E-state index contributed by atoms with van der Waals surface area (Å²) < 4.78 is 15.7. The van der Waals surface area contributed by atoms with Crippen LogP contribution in [0.25, 0.3) is 16.7 Å². The Morgan fingerprint density at radius 1 is 1.29 bits per heavy atom. The molecule has 1 aromatic heterocycles. The predicted octanol–water partition coefficient (Wildman–Crippen LogP) is 2.92. The van der Waals surface area contributed by atoms with E-state index in [1.54, 1.807) is 12.1 Å². The number of benzene rings is 2. The maximum absolute atomic E-state index is 14.1. The number of fused-ring (bicyclic) bond motifs is 1. The van der Waals surface area contributed by atoms with Crippen LogP contribution >= 0.6 is 15.9 Å². The second-order valence-corrected chi connectivity index (χ2v) is 5.28. The molecular weight excluding hydrogens is 343 g/mol. The normalized spacial score (nSPS) is 11.0. The average Bonchev–Trinajstić information content (AvgIpc) is 2.74. The molecule has 1 heterocycles. The molecule has 0 spiro atoms. The maximum atomic E-state index is 14.1. The number of aromatic nitrogens is 2. The molecule has 0 unspecified atom stereocenters. The number of nitrogens with one attached hydrogen (secondary N) is 1. The Hall–Kier alpha value is -2.41. The molecule has 2 aromatic carbocycles. The van der Waals surface area contributed by atoms with Gasteiger partial charge in [-0.25, -0.2) is 14.0 Å². The van der Waals surface area contributed by atoms with Gasteiger partial charge in [0.05, 0.1) is 22.3 Å². The lowest BCUT2D eigenvalue weighted by molar-refractivity contribution is 0.0698. The van der Waals surface area contributed by atoms with Crippen LogP contribution < -0.4 is 5.69 Å². The van der Waals surface area contributed by atoms with E-state index >= 15 is 0 Å². The summed E-state index contributed by atoms with van der Waals surface area (Å²) in [6, 6.07) is 8.65. The van der Waals surface area contributed by atoms with E-state index in [9.17, 15) is 19.1 Å². The Kier molecular flexibility index (Phi) is 3.13. The molecule has 21 heavy (non-hydrogen) atoms. The van der Waals surface area contributed by atoms with Crippen LogP contribution in [0.4, 0.5) is 4.39 Å². The Morgan fingerprint density at radius 3 is 2.71 bits per heavy atom. The largest absolute Gasteiger partial charge is 0.478 e. The number of carbonyl (C=O) groups is 1. The first-order valence-electron chi connectivity index (χ1n) is 5.91. The van der Waals surface area contributed by atoms with Crippen LogP contribution in [0.5, 0.6) is 0 Å². The monoisotopic (exact) mass is 350 g/mol. The van der Waals surface area contributed by atoms with Crippen LogP contribution in [0, 0.1) is 5.82 Å². The van der Waals surface area contributed by atoms with Gasteiger partial charge in [0.1, 0.15) is 5.82 Å². The fourth-order valence-corrected chi connectivity index (χ4v) is 2.56. The highest BCUT2D eigenvalue weighted by atomic mass is 79.9. The zero-order chi connectivity index (χ0) is 15.1. The number of carboxylic acids is 1. The van der Waals surface area contributed by atoms with Crippen molar-refractivity contribution in [1.29, 1.82) is 0 Å². The zero-order valence-corrected chi connectivity index (χ0v) is 12.0. The molecule has 0 aliphatic heterocycles. The van der Waals surface area contributed by atoms with Gasteiger partial charge in [-0.2, -0.15) is 0 Å². The first kappa shape index (κ1) is 13.6. The van der Waals surface area contributed by atoms with Crippen LogP contribution in [0.3, 0.4) is 0 Å². The van der Waals surface area contributed by atoms with E-state index < -0.39 is 17.5 Å². The number of aromatic amines is 1. The molecule has 7 heteroatoms. The van der Waals surface area contributed by atoms with Crippen LogP contribution in [-0.4, -0.2) is 20.6 Å². The van der Waals surface area contributed by atoms with E-state index in [0.29, 0.717) is 9.99 Å². The third-order valence-electron chi connectivity index (χ3n) is 3.09. The molecular formula is C14H8BrFN2O3. The van der Waals surface area contributed by atoms with E-state index in [4.69, 9.17) is 0 Å². The van der Waals surface area contributed by atoms with Gasteiger partial charge in [-0.15, -0.1) is 0 Å². The van der Waals surface area contributed by atoms with Crippen molar-refractivity contribution < 1.29 is 14.3 Å². The fraction of sp³-hybridized carbons (Fsp3) is 0. The predicted molar refractivity (Wildman–Crippen MR) is 78.5 cm³/mol. The number of hydrogen-bond donors (Lipinski definition) is 2. The molecule has 3 rings (SSSR count). The van der Waals surface area contributed by atoms with Crippen molar-refractivity contribution in [2.45, 2.75) is 0 Å². The lowest BCUT2D eigenvalue weighted by atomic mass is 10.1. The number of halogens is 2. The molecule has 0 bridgehead atoms. The van der Waals surface area contributed by atoms with Gasteiger partial charge < -0.3 is 10.1 Å². The maximum Gasteiger partial charge on any atom is 0.337 e. The van der Waals surface area contributed by atoms with Crippen molar-refractivity contribution in [3.63, 3.8) is 0 Å². The smallest absolute Gasteiger partial charge is 0.337 e. The SMILES string of the molecule is O=C(O)c1cccc2[nH]c(=O)n(-c3ccc(Br)cc3F)c12. The van der Waals surface area contributed by atoms with Gasteiger partial charge in [0.15, 0.2) is 0 Å². The number of carboxylic acid groups (broad SMARTS) is 1. The molecule has 2 N–H and O–H groups in total. The summed E-state index contributed by atoms with van der Waals surface area (Å²) in [6.07, 6.45) is 0. The van der Waals surface area contributed by atoms with E-state index in [0.717, 1.165) is 4.57 Å². The number of rotatable bonds is 2. The van der Waals surface area contributed by atoms with Gasteiger partial charge in [0.25, 0.3) is 0 Å². The number of aromatic carboxylic acids is 1. The highest BCUT2D eigenvalue weighted by molar-refractivity contribution is 9.10. The Labute approximate surface area is 125 Å². The first-order chi connectivity index (χ1) is 9.99. The molecule has 5 nitrogen and oxygen atoms in total. The summed E-state index contributed by atoms with van der Waals surface area (Å²) in [5, 5.41) is 9.25. The zero-order valence-electron chi connectivity index (χ0n) is 10.4. The Bertz CT molecular complexity index is 930. The van der Waals surface area contributed by atoms with Gasteiger partial charge in [-0.1, -0.05) is 22.0 Å². The van der Waals surface area contributed by atoms with Crippen molar-refractivity contribution in [3.8, 4) is 5.69 Å². The van der Waals surface area contributed by atoms with Crippen molar-refractivity contribution in [3.05, 3.63) is 62.7 Å². The lowest BCUT2D eigenvalue weighted by Gasteiger charge is -2.07. The van der Waals surface area contributed by atoms with Gasteiger partial charge >= 0.3 is 11.7 Å². The highest BCUT2D eigenvalue weighted by Crippen LogP contribution is 2.23. The van der Waals surface area contributed by atoms with Gasteiger partial charge in [-0.3, -0.25) is 4.57 Å². The Morgan fingerprint density at radius 2 is 2.05 bits per heavy atom. The number of H-pyrrole nitrogens is 1. The third kappa shape index (κ3) is 2.15. The molecule has 0 atom stereocenters. The number of imidazole rings is 1. The minimum absolute atomic E-state index is 0.0110. The number of para-hydroxylation sites is 1. The van der Waals surface area contributed by atoms with E-state index in [1.165, 1.54) is 24.3 Å². The third-order valence-corrected chi connectivity index (χ3v) is 3.58. The number of hydrogen-bond acceptors (Lipinski definition) is 2. The topological polar surface area (TPSA) is 75.1 Å². The molecule has 0 fully saturated rings. The molecule has 0 amide bonds. The van der Waals surface area contributed by atoms with Gasteiger partial charge in [-0.05, 0) is 30.3 Å². The van der Waals surface area contributed by atoms with E-state index in [-0.39, 0.29) is 16.8 Å². The molecule has 0 radical (unpaired) electrons. The van der Waals surface area contributed by atoms with E-state index in [1.807, 2.05) is 0 Å². The second kappa shape index (κ2) is 4.85. The Balaban J connectivity index is 2.45. The van der Waals surface area contributed by atoms with Crippen molar-refractivity contribution in [2.24, 2.45) is 0 Å². The summed E-state index contributed by atoms with van der Waals surface area (Å²) in [5.74, 6) is -1.82. The summed E-state index contributed by atoms with van der Waals surface area (Å²) in [7, 11) is 0. The fourth-order valence-electron chi connectivity index (χ4n) is 2.22. The molecule has 3 aromatic rings. The van der Waals surface area contributed by atoms with Gasteiger partial charge in [0, 0.05) is 4.47 Å². The standard InChI is InChI=1S/C14H8BrFN2O3/c15-7-4-5-11(9(16)6-7)18-12-8(13(19)20)2-1-3-10(12)17-14(18)21/h1-6H,(H,17,21)(H,19,20). The molecule has 0 saturated carbocycles.